The average Bonchev–Trinajstić information content (AvgIpc) is 2.31. The van der Waals surface area contributed by atoms with Crippen LogP contribution in [0.3, 0.4) is 0 Å². The van der Waals surface area contributed by atoms with Crippen molar-refractivity contribution in [1.82, 2.24) is 0 Å². The van der Waals surface area contributed by atoms with Gasteiger partial charge in [-0.15, -0.1) is 5.54 Å². The van der Waals surface area contributed by atoms with Gasteiger partial charge in [-0.25, -0.2) is 0 Å². The third kappa shape index (κ3) is 5.13. The maximum absolute atomic E-state index is 5.46. The van der Waals surface area contributed by atoms with Gasteiger partial charge in [0, 0.05) is 18.8 Å². The van der Waals surface area contributed by atoms with Crippen LogP contribution in [0.4, 0.5) is 0 Å². The van der Waals surface area contributed by atoms with E-state index in [4.69, 9.17) is 9.47 Å². The van der Waals surface area contributed by atoms with Crippen LogP contribution in [0.2, 0.25) is 0 Å². The highest BCUT2D eigenvalue weighted by atomic mass is 28.2. The molecule has 0 aliphatic carbocycles. The summed E-state index contributed by atoms with van der Waals surface area (Å²) in [5.41, 5.74) is 4.27. The zero-order valence-corrected chi connectivity index (χ0v) is 11.3. The molecule has 1 aromatic rings. The Balaban J connectivity index is 2.45. The molecule has 3 heteroatoms. The molecule has 0 saturated carbocycles. The van der Waals surface area contributed by atoms with Gasteiger partial charge in [-0.3, -0.25) is 0 Å². The maximum atomic E-state index is 5.46. The van der Waals surface area contributed by atoms with E-state index in [1.54, 1.807) is 0 Å². The molecule has 0 aromatic heterocycles. The summed E-state index contributed by atoms with van der Waals surface area (Å²) in [6.45, 7) is 5.32. The van der Waals surface area contributed by atoms with E-state index in [1.807, 2.05) is 44.2 Å². The topological polar surface area (TPSA) is 18.5 Å². The summed E-state index contributed by atoms with van der Waals surface area (Å²) < 4.78 is 10.9. The summed E-state index contributed by atoms with van der Waals surface area (Å²) in [5.74, 6) is 3.08. The number of rotatable bonds is 5. The largest absolute Gasteiger partial charge is 0.356 e. The Hall–Kier alpha value is -1.08. The quantitative estimate of drug-likeness (QED) is 0.437. The van der Waals surface area contributed by atoms with Gasteiger partial charge < -0.3 is 9.47 Å². The van der Waals surface area contributed by atoms with Gasteiger partial charge in [-0.2, -0.15) is 0 Å². The Morgan fingerprint density at radius 1 is 1.12 bits per heavy atom. The lowest BCUT2D eigenvalue weighted by atomic mass is 10.2. The zero-order chi connectivity index (χ0) is 11.6. The Kier molecular flexibility index (Phi) is 6.58. The molecule has 0 N–H and O–H groups in total. The van der Waals surface area contributed by atoms with Crippen LogP contribution >= 0.6 is 0 Å². The molecule has 0 aliphatic heterocycles. The van der Waals surface area contributed by atoms with E-state index in [0.29, 0.717) is 13.2 Å². The first-order chi connectivity index (χ1) is 7.86. The van der Waals surface area contributed by atoms with Gasteiger partial charge in [0.05, 0.1) is 0 Å². The van der Waals surface area contributed by atoms with E-state index >= 15 is 0 Å². The number of ether oxygens (including phenoxy) is 2. The molecule has 0 unspecified atom stereocenters. The molecule has 0 atom stereocenters. The molecular formula is C13H18O2Si. The van der Waals surface area contributed by atoms with E-state index in [9.17, 15) is 0 Å². The maximum Gasteiger partial charge on any atom is 0.172 e. The fourth-order valence-corrected chi connectivity index (χ4v) is 2.48. The predicted molar refractivity (Wildman–Crippen MR) is 68.9 cm³/mol. The molecule has 0 aliphatic rings. The normalized spacial score (nSPS) is 10.7. The fourth-order valence-electron chi connectivity index (χ4n) is 1.30. The summed E-state index contributed by atoms with van der Waals surface area (Å²) in [6.07, 6.45) is 0. The molecule has 2 nitrogen and oxygen atoms in total. The summed E-state index contributed by atoms with van der Waals surface area (Å²) in [7, 11) is -0.646. The zero-order valence-electron chi connectivity index (χ0n) is 9.90. The third-order valence-electron chi connectivity index (χ3n) is 1.98. The fraction of sp³-hybridized carbons (Fsp3) is 0.385. The molecule has 0 radical (unpaired) electrons. The molecule has 0 amide bonds. The minimum atomic E-state index is -0.646. The van der Waals surface area contributed by atoms with Gasteiger partial charge in [0.15, 0.2) is 9.52 Å². The number of hydrogen-bond acceptors (Lipinski definition) is 2. The van der Waals surface area contributed by atoms with Crippen molar-refractivity contribution in [2.24, 2.45) is 0 Å². The molecule has 0 saturated heterocycles. The SMILES string of the molecule is CCOC(OCC)[SiH2]C#Cc1ccccc1. The average molecular weight is 234 g/mol. The van der Waals surface area contributed by atoms with Crippen molar-refractivity contribution >= 4 is 9.52 Å². The smallest absolute Gasteiger partial charge is 0.172 e. The van der Waals surface area contributed by atoms with Gasteiger partial charge in [0.1, 0.15) is 5.91 Å². The van der Waals surface area contributed by atoms with E-state index in [2.05, 4.69) is 11.5 Å². The van der Waals surface area contributed by atoms with Crippen molar-refractivity contribution in [3.05, 3.63) is 35.9 Å². The van der Waals surface area contributed by atoms with Crippen LogP contribution in [0.5, 0.6) is 0 Å². The lowest BCUT2D eigenvalue weighted by Crippen LogP contribution is -2.23. The third-order valence-corrected chi connectivity index (χ3v) is 3.17. The highest BCUT2D eigenvalue weighted by molar-refractivity contribution is 6.47. The summed E-state index contributed by atoms with van der Waals surface area (Å²) >= 11 is 0. The van der Waals surface area contributed by atoms with Crippen molar-refractivity contribution in [2.45, 2.75) is 19.8 Å². The van der Waals surface area contributed by atoms with Gasteiger partial charge >= 0.3 is 0 Å². The molecule has 0 heterocycles. The lowest BCUT2D eigenvalue weighted by Gasteiger charge is -2.13. The Bertz CT molecular complexity index is 334. The number of hydrogen-bond donors (Lipinski definition) is 0. The highest BCUT2D eigenvalue weighted by Gasteiger charge is 2.05. The van der Waals surface area contributed by atoms with E-state index < -0.39 is 9.52 Å². The minimum Gasteiger partial charge on any atom is -0.356 e. The van der Waals surface area contributed by atoms with Crippen molar-refractivity contribution in [2.75, 3.05) is 13.2 Å². The van der Waals surface area contributed by atoms with Crippen LogP contribution in [0, 0.1) is 11.5 Å². The molecular weight excluding hydrogens is 216 g/mol. The van der Waals surface area contributed by atoms with Crippen LogP contribution in [-0.4, -0.2) is 28.6 Å². The van der Waals surface area contributed by atoms with E-state index in [-0.39, 0.29) is 5.91 Å². The first-order valence-corrected chi connectivity index (χ1v) is 7.16. The van der Waals surface area contributed by atoms with Gasteiger partial charge in [-0.1, -0.05) is 24.1 Å². The molecule has 0 fully saturated rings. The summed E-state index contributed by atoms with van der Waals surface area (Å²) in [6, 6.07) is 10.0. The Morgan fingerprint density at radius 2 is 1.75 bits per heavy atom. The number of benzene rings is 1. The second-order valence-corrected chi connectivity index (χ2v) is 4.64. The van der Waals surface area contributed by atoms with Crippen molar-refractivity contribution < 1.29 is 9.47 Å². The van der Waals surface area contributed by atoms with Gasteiger partial charge in [0.25, 0.3) is 0 Å². The van der Waals surface area contributed by atoms with Crippen molar-refractivity contribution in [3.8, 4) is 11.5 Å². The van der Waals surface area contributed by atoms with Crippen LogP contribution in [-0.2, 0) is 9.47 Å². The Morgan fingerprint density at radius 3 is 2.31 bits per heavy atom. The standard InChI is InChI=1S/C13H18O2Si/c1-3-14-13(15-4-2)16-11-10-12-8-6-5-7-9-12/h5-9,13H,3-4,16H2,1-2H3. The predicted octanol–water partition coefficient (Wildman–Crippen LogP) is 1.52. The Labute approximate surface area is 99.8 Å². The highest BCUT2D eigenvalue weighted by Crippen LogP contribution is 1.96. The van der Waals surface area contributed by atoms with E-state index in [1.165, 1.54) is 0 Å². The van der Waals surface area contributed by atoms with Crippen molar-refractivity contribution in [3.63, 3.8) is 0 Å². The molecule has 0 bridgehead atoms. The van der Waals surface area contributed by atoms with Crippen LogP contribution < -0.4 is 0 Å². The lowest BCUT2D eigenvalue weighted by molar-refractivity contribution is -0.0816. The molecule has 16 heavy (non-hydrogen) atoms. The summed E-state index contributed by atoms with van der Waals surface area (Å²) in [5, 5.41) is 0. The molecule has 1 aromatic carbocycles. The van der Waals surface area contributed by atoms with Crippen LogP contribution in [0.15, 0.2) is 30.3 Å². The van der Waals surface area contributed by atoms with Crippen molar-refractivity contribution in [1.29, 1.82) is 0 Å². The minimum absolute atomic E-state index is 0.0637. The summed E-state index contributed by atoms with van der Waals surface area (Å²) in [4.78, 5) is 0. The van der Waals surface area contributed by atoms with Gasteiger partial charge in [0.2, 0.25) is 0 Å². The second kappa shape index (κ2) is 8.11. The van der Waals surface area contributed by atoms with E-state index in [0.717, 1.165) is 5.56 Å². The molecule has 1 rings (SSSR count). The van der Waals surface area contributed by atoms with Gasteiger partial charge in [-0.05, 0) is 26.0 Å². The second-order valence-electron chi connectivity index (χ2n) is 3.21. The monoisotopic (exact) mass is 234 g/mol. The van der Waals surface area contributed by atoms with Crippen LogP contribution in [0.25, 0.3) is 0 Å². The first-order valence-electron chi connectivity index (χ1n) is 5.64. The molecule has 86 valence electrons. The molecule has 0 spiro atoms. The first kappa shape index (κ1) is 13.0. The van der Waals surface area contributed by atoms with Crippen LogP contribution in [0.1, 0.15) is 19.4 Å².